The highest BCUT2D eigenvalue weighted by Crippen LogP contribution is 2.29. The number of carbonyl (C=O) groups is 2. The Bertz CT molecular complexity index is 966. The van der Waals surface area contributed by atoms with Gasteiger partial charge in [-0.1, -0.05) is 96.4 Å². The van der Waals surface area contributed by atoms with Crippen molar-refractivity contribution < 1.29 is 28.2 Å². The predicted octanol–water partition coefficient (Wildman–Crippen LogP) is 8.70. The summed E-state index contributed by atoms with van der Waals surface area (Å²) in [7, 11) is 1.53. The van der Waals surface area contributed by atoms with E-state index in [1.807, 2.05) is 37.3 Å². The maximum atomic E-state index is 14.2. The molecule has 6 nitrogen and oxygen atoms in total. The fourth-order valence-corrected chi connectivity index (χ4v) is 5.52. The second-order valence-corrected chi connectivity index (χ2v) is 12.7. The summed E-state index contributed by atoms with van der Waals surface area (Å²) in [5.41, 5.74) is -0.411. The molecule has 0 heterocycles. The zero-order valence-electron chi connectivity index (χ0n) is 28.8. The number of allylic oxidation sites excluding steroid dienone is 1. The van der Waals surface area contributed by atoms with E-state index < -0.39 is 29.4 Å². The van der Waals surface area contributed by atoms with Crippen molar-refractivity contribution in [2.45, 2.75) is 154 Å². The van der Waals surface area contributed by atoms with E-state index in [2.05, 4.69) is 24.5 Å². The second-order valence-electron chi connectivity index (χ2n) is 12.7. The number of unbranched alkanes of at least 4 members (excludes halogenated alkanes) is 9. The third-order valence-electron chi connectivity index (χ3n) is 8.36. The fourth-order valence-electron chi connectivity index (χ4n) is 5.52. The molecule has 1 rings (SSSR count). The highest BCUT2D eigenvalue weighted by Gasteiger charge is 2.36. The van der Waals surface area contributed by atoms with Gasteiger partial charge in [0.2, 0.25) is 17.7 Å². The highest BCUT2D eigenvalue weighted by molar-refractivity contribution is 5.89. The number of aliphatic hydroxyl groups is 1. The molecule has 8 heteroatoms. The maximum absolute atomic E-state index is 14.2. The standard InChI is InChI=1S/C37H62F2N2O4/c1-6-9-11-15-18-26-37(38,39)27-19-16-13-12-14-17-20-32(36(4,44)25-8-3)34(42)41-33(35(43)40-5)29-30-21-23-31(24-22-30)45-28-10-7-2/h17,20-24,32-33,44H,6-16,18-19,25-29H2,1-5H3,(H,40,43)(H,41,42)/b20-17+/t32-,33+,36+/m1/s1. The van der Waals surface area contributed by atoms with Crippen LogP contribution in [0.3, 0.4) is 0 Å². The minimum absolute atomic E-state index is 0.0122. The molecule has 1 aromatic rings. The van der Waals surface area contributed by atoms with E-state index in [0.29, 0.717) is 45.1 Å². The van der Waals surface area contributed by atoms with Crippen molar-refractivity contribution in [2.75, 3.05) is 13.7 Å². The Balaban J connectivity index is 2.69. The van der Waals surface area contributed by atoms with Gasteiger partial charge in [0.1, 0.15) is 11.8 Å². The van der Waals surface area contributed by atoms with Crippen molar-refractivity contribution in [3.8, 4) is 5.75 Å². The quantitative estimate of drug-likeness (QED) is 0.0701. The van der Waals surface area contributed by atoms with Crippen LogP contribution in [0.25, 0.3) is 0 Å². The van der Waals surface area contributed by atoms with Crippen LogP contribution in [-0.4, -0.2) is 48.1 Å². The van der Waals surface area contributed by atoms with Gasteiger partial charge >= 0.3 is 0 Å². The van der Waals surface area contributed by atoms with Crippen molar-refractivity contribution in [1.29, 1.82) is 0 Å². The molecule has 258 valence electrons. The molecule has 0 aromatic heterocycles. The predicted molar refractivity (Wildman–Crippen MR) is 181 cm³/mol. The number of rotatable bonds is 26. The smallest absolute Gasteiger partial charge is 0.248 e. The lowest BCUT2D eigenvalue weighted by molar-refractivity contribution is -0.135. The van der Waals surface area contributed by atoms with Crippen LogP contribution < -0.4 is 15.4 Å². The van der Waals surface area contributed by atoms with Gasteiger partial charge in [-0.25, -0.2) is 8.78 Å². The summed E-state index contributed by atoms with van der Waals surface area (Å²) in [5.74, 6) is -3.37. The molecule has 0 bridgehead atoms. The molecule has 3 atom stereocenters. The van der Waals surface area contributed by atoms with Crippen molar-refractivity contribution in [1.82, 2.24) is 10.6 Å². The fraction of sp³-hybridized carbons (Fsp3) is 0.730. The summed E-state index contributed by atoms with van der Waals surface area (Å²) in [6.07, 6.45) is 15.4. The number of benzene rings is 1. The van der Waals surface area contributed by atoms with Crippen molar-refractivity contribution in [2.24, 2.45) is 5.92 Å². The van der Waals surface area contributed by atoms with Crippen LogP contribution in [0, 0.1) is 5.92 Å². The summed E-state index contributed by atoms with van der Waals surface area (Å²) in [6, 6.07) is 6.71. The number of nitrogens with one attached hydrogen (secondary N) is 2. The molecule has 0 spiro atoms. The van der Waals surface area contributed by atoms with Crippen LogP contribution in [-0.2, 0) is 16.0 Å². The largest absolute Gasteiger partial charge is 0.494 e. The Hall–Kier alpha value is -2.48. The molecule has 0 fully saturated rings. The number of halogens is 2. The van der Waals surface area contributed by atoms with E-state index in [-0.39, 0.29) is 18.7 Å². The van der Waals surface area contributed by atoms with Gasteiger partial charge in [0, 0.05) is 26.3 Å². The van der Waals surface area contributed by atoms with Gasteiger partial charge in [-0.15, -0.1) is 0 Å². The third-order valence-corrected chi connectivity index (χ3v) is 8.36. The molecule has 3 N–H and O–H groups in total. The molecule has 0 saturated heterocycles. The summed E-state index contributed by atoms with van der Waals surface area (Å²) in [4.78, 5) is 26.3. The molecule has 0 radical (unpaired) electrons. The Morgan fingerprint density at radius 3 is 2.02 bits per heavy atom. The zero-order chi connectivity index (χ0) is 33.6. The lowest BCUT2D eigenvalue weighted by Gasteiger charge is -2.31. The Morgan fingerprint density at radius 1 is 0.844 bits per heavy atom. The van der Waals surface area contributed by atoms with Gasteiger partial charge in [-0.3, -0.25) is 9.59 Å². The number of amides is 2. The van der Waals surface area contributed by atoms with Crippen molar-refractivity contribution >= 4 is 11.8 Å². The normalized spacial score (nSPS) is 14.6. The third kappa shape index (κ3) is 17.7. The zero-order valence-corrected chi connectivity index (χ0v) is 28.8. The number of carbonyl (C=O) groups excluding carboxylic acids is 2. The lowest BCUT2D eigenvalue weighted by Crippen LogP contribution is -2.52. The van der Waals surface area contributed by atoms with Gasteiger partial charge < -0.3 is 20.5 Å². The summed E-state index contributed by atoms with van der Waals surface area (Å²) < 4.78 is 34.0. The van der Waals surface area contributed by atoms with Gasteiger partial charge in [0.15, 0.2) is 0 Å². The van der Waals surface area contributed by atoms with Crippen molar-refractivity contribution in [3.05, 3.63) is 42.0 Å². The van der Waals surface area contributed by atoms with Crippen LogP contribution in [0.5, 0.6) is 5.75 Å². The first-order chi connectivity index (χ1) is 21.5. The second kappa shape index (κ2) is 22.9. The summed E-state index contributed by atoms with van der Waals surface area (Å²) >= 11 is 0. The maximum Gasteiger partial charge on any atom is 0.248 e. The van der Waals surface area contributed by atoms with E-state index in [9.17, 15) is 23.5 Å². The molecular formula is C37H62F2N2O4. The number of hydrogen-bond acceptors (Lipinski definition) is 4. The van der Waals surface area contributed by atoms with Crippen LogP contribution in [0.2, 0.25) is 0 Å². The van der Waals surface area contributed by atoms with Crippen molar-refractivity contribution in [3.63, 3.8) is 0 Å². The summed E-state index contributed by atoms with van der Waals surface area (Å²) in [5, 5.41) is 16.7. The first-order valence-corrected chi connectivity index (χ1v) is 17.5. The molecule has 0 aliphatic carbocycles. The van der Waals surface area contributed by atoms with Gasteiger partial charge in [-0.2, -0.15) is 0 Å². The van der Waals surface area contributed by atoms with Gasteiger partial charge in [0.25, 0.3) is 0 Å². The van der Waals surface area contributed by atoms with E-state index in [0.717, 1.165) is 69.1 Å². The van der Waals surface area contributed by atoms with Crippen LogP contribution in [0.4, 0.5) is 8.78 Å². The van der Waals surface area contributed by atoms with E-state index in [1.54, 1.807) is 13.0 Å². The first kappa shape index (κ1) is 40.5. The minimum Gasteiger partial charge on any atom is -0.494 e. The lowest BCUT2D eigenvalue weighted by atomic mass is 9.83. The summed E-state index contributed by atoms with van der Waals surface area (Å²) in [6.45, 7) is 8.48. The van der Waals surface area contributed by atoms with Crippen LogP contribution in [0.15, 0.2) is 36.4 Å². The Kier molecular flexibility index (Phi) is 20.7. The number of likely N-dealkylation sites (N-methyl/N-ethyl adjacent to an activating group) is 1. The number of alkyl halides is 2. The molecule has 45 heavy (non-hydrogen) atoms. The van der Waals surface area contributed by atoms with E-state index in [1.165, 1.54) is 7.05 Å². The molecule has 0 unspecified atom stereocenters. The molecule has 0 saturated carbocycles. The molecule has 2 amide bonds. The first-order valence-electron chi connectivity index (χ1n) is 17.5. The average molecular weight is 637 g/mol. The van der Waals surface area contributed by atoms with Gasteiger partial charge in [0.05, 0.1) is 18.1 Å². The number of ether oxygens (including phenoxy) is 1. The number of hydrogen-bond donors (Lipinski definition) is 3. The van der Waals surface area contributed by atoms with E-state index >= 15 is 0 Å². The molecule has 0 aliphatic heterocycles. The SMILES string of the molecule is CCCCCCCC(F)(F)CCCCCC/C=C/[C@H](C(=O)N[C@@H](Cc1ccc(OCCCC)cc1)C(=O)NC)[C@@](C)(O)CCC. The molecule has 1 aromatic carbocycles. The Morgan fingerprint density at radius 2 is 1.44 bits per heavy atom. The van der Waals surface area contributed by atoms with Crippen LogP contribution >= 0.6 is 0 Å². The van der Waals surface area contributed by atoms with Crippen LogP contribution in [0.1, 0.15) is 136 Å². The monoisotopic (exact) mass is 636 g/mol. The van der Waals surface area contributed by atoms with E-state index in [4.69, 9.17) is 4.74 Å². The Labute approximate surface area is 272 Å². The average Bonchev–Trinajstić information content (AvgIpc) is 3.00. The highest BCUT2D eigenvalue weighted by atomic mass is 19.3. The topological polar surface area (TPSA) is 87.7 Å². The molecule has 0 aliphatic rings. The minimum atomic E-state index is -2.57. The molecular weight excluding hydrogens is 574 g/mol. The van der Waals surface area contributed by atoms with Gasteiger partial charge in [-0.05, 0) is 63.1 Å².